The molecule has 0 radical (unpaired) electrons. The molecule has 1 saturated carbocycles. The molecule has 2 aromatic heterocycles. The molecule has 0 spiro atoms. The third-order valence-electron chi connectivity index (χ3n) is 5.42. The molecular weight excluding hydrogens is 300 g/mol. The van der Waals surface area contributed by atoms with E-state index in [1.54, 1.807) is 0 Å². The molecule has 0 N–H and O–H groups in total. The monoisotopic (exact) mass is 326 g/mol. The topological polar surface area (TPSA) is 43.1 Å². The first-order valence-electron chi connectivity index (χ1n) is 9.03. The number of amides is 1. The van der Waals surface area contributed by atoms with Crippen molar-refractivity contribution in [3.63, 3.8) is 0 Å². The Kier molecular flexibility index (Phi) is 3.74. The molecule has 1 saturated heterocycles. The molecule has 2 aliphatic rings. The second-order valence-electron chi connectivity index (χ2n) is 7.42. The van der Waals surface area contributed by atoms with Crippen molar-refractivity contribution in [1.82, 2.24) is 19.2 Å². The summed E-state index contributed by atoms with van der Waals surface area (Å²) in [6.07, 6.45) is 8.57. The second-order valence-corrected chi connectivity index (χ2v) is 7.42. The molecule has 1 aliphatic carbocycles. The largest absolute Gasteiger partial charge is 0.345 e. The molecule has 3 heterocycles. The third kappa shape index (κ3) is 2.66. The lowest BCUT2D eigenvalue weighted by Gasteiger charge is -2.25. The van der Waals surface area contributed by atoms with Gasteiger partial charge in [-0.2, -0.15) is 5.10 Å². The van der Waals surface area contributed by atoms with Gasteiger partial charge < -0.3 is 9.47 Å². The van der Waals surface area contributed by atoms with Gasteiger partial charge in [-0.3, -0.25) is 9.48 Å². The fraction of sp³-hybridized carbons (Fsp3) is 0.579. The second kappa shape index (κ2) is 5.80. The van der Waals surface area contributed by atoms with Crippen LogP contribution in [0.15, 0.2) is 18.5 Å². The van der Waals surface area contributed by atoms with Crippen LogP contribution in [0.3, 0.4) is 0 Å². The van der Waals surface area contributed by atoms with Crippen LogP contribution in [0.5, 0.6) is 0 Å². The average Bonchev–Trinajstić information content (AvgIpc) is 2.99. The Hall–Kier alpha value is -2.04. The van der Waals surface area contributed by atoms with Crippen molar-refractivity contribution in [3.8, 4) is 0 Å². The quantitative estimate of drug-likeness (QED) is 0.865. The van der Waals surface area contributed by atoms with E-state index in [-0.39, 0.29) is 11.9 Å². The summed E-state index contributed by atoms with van der Waals surface area (Å²) >= 11 is 0. The summed E-state index contributed by atoms with van der Waals surface area (Å²) in [4.78, 5) is 15.2. The summed E-state index contributed by atoms with van der Waals surface area (Å²) in [5.74, 6) is 0.196. The molecule has 0 bridgehead atoms. The Morgan fingerprint density at radius 3 is 2.71 bits per heavy atom. The van der Waals surface area contributed by atoms with Crippen LogP contribution < -0.4 is 0 Å². The molecule has 1 atom stereocenters. The predicted molar refractivity (Wildman–Crippen MR) is 93.2 cm³/mol. The smallest absolute Gasteiger partial charge is 0.255 e. The van der Waals surface area contributed by atoms with Gasteiger partial charge in [0.2, 0.25) is 0 Å². The molecule has 24 heavy (non-hydrogen) atoms. The zero-order valence-electron chi connectivity index (χ0n) is 14.8. The lowest BCUT2D eigenvalue weighted by atomic mass is 10.1. The van der Waals surface area contributed by atoms with Crippen LogP contribution in [0.1, 0.15) is 59.0 Å². The van der Waals surface area contributed by atoms with Gasteiger partial charge in [0, 0.05) is 30.2 Å². The SMILES string of the molecule is Cc1cnn(CC2CCCN2C(=O)c2cc(C)n(C3CC3)c2C)c1. The molecule has 1 unspecified atom stereocenters. The molecular formula is C19H26N4O. The molecule has 5 heteroatoms. The number of hydrogen-bond acceptors (Lipinski definition) is 2. The highest BCUT2D eigenvalue weighted by Crippen LogP contribution is 2.38. The first-order chi connectivity index (χ1) is 11.5. The molecule has 1 aliphatic heterocycles. The molecule has 0 aromatic carbocycles. The normalized spacial score (nSPS) is 20.8. The van der Waals surface area contributed by atoms with Gasteiger partial charge in [-0.25, -0.2) is 0 Å². The van der Waals surface area contributed by atoms with E-state index in [2.05, 4.69) is 40.7 Å². The fourth-order valence-corrected chi connectivity index (χ4v) is 4.12. The Labute approximate surface area is 143 Å². The Bertz CT molecular complexity index is 768. The number of carbonyl (C=O) groups is 1. The van der Waals surface area contributed by atoms with E-state index < -0.39 is 0 Å². The number of nitrogens with zero attached hydrogens (tertiary/aromatic N) is 4. The molecule has 2 aromatic rings. The van der Waals surface area contributed by atoms with Crippen molar-refractivity contribution in [2.75, 3.05) is 6.54 Å². The van der Waals surface area contributed by atoms with Crippen molar-refractivity contribution in [2.24, 2.45) is 0 Å². The minimum atomic E-state index is 0.196. The number of carbonyl (C=O) groups excluding carboxylic acids is 1. The van der Waals surface area contributed by atoms with Gasteiger partial charge >= 0.3 is 0 Å². The summed E-state index contributed by atoms with van der Waals surface area (Å²) in [5.41, 5.74) is 4.42. The van der Waals surface area contributed by atoms with E-state index in [4.69, 9.17) is 0 Å². The van der Waals surface area contributed by atoms with Crippen molar-refractivity contribution < 1.29 is 4.79 Å². The number of rotatable bonds is 4. The van der Waals surface area contributed by atoms with Crippen LogP contribution in [-0.4, -0.2) is 37.7 Å². The lowest BCUT2D eigenvalue weighted by Crippen LogP contribution is -2.38. The Morgan fingerprint density at radius 2 is 2.04 bits per heavy atom. The Balaban J connectivity index is 1.56. The van der Waals surface area contributed by atoms with Crippen molar-refractivity contribution in [3.05, 3.63) is 41.0 Å². The zero-order valence-corrected chi connectivity index (χ0v) is 14.8. The van der Waals surface area contributed by atoms with Gasteiger partial charge in [-0.05, 0) is 58.1 Å². The van der Waals surface area contributed by atoms with E-state index >= 15 is 0 Å². The van der Waals surface area contributed by atoms with E-state index in [9.17, 15) is 4.79 Å². The minimum absolute atomic E-state index is 0.196. The summed E-state index contributed by atoms with van der Waals surface area (Å²) in [6.45, 7) is 7.92. The molecule has 2 fully saturated rings. The van der Waals surface area contributed by atoms with E-state index in [1.807, 2.05) is 17.8 Å². The summed E-state index contributed by atoms with van der Waals surface area (Å²) in [7, 11) is 0. The van der Waals surface area contributed by atoms with Gasteiger partial charge in [-0.15, -0.1) is 0 Å². The van der Waals surface area contributed by atoms with E-state index in [0.29, 0.717) is 6.04 Å². The molecule has 4 rings (SSSR count). The van der Waals surface area contributed by atoms with Crippen LogP contribution in [0.2, 0.25) is 0 Å². The van der Waals surface area contributed by atoms with E-state index in [1.165, 1.54) is 24.1 Å². The number of hydrogen-bond donors (Lipinski definition) is 0. The maximum Gasteiger partial charge on any atom is 0.255 e. The van der Waals surface area contributed by atoms with Crippen molar-refractivity contribution >= 4 is 5.91 Å². The van der Waals surface area contributed by atoms with Crippen molar-refractivity contribution in [2.45, 2.75) is 65.1 Å². The van der Waals surface area contributed by atoms with Gasteiger partial charge in [0.05, 0.1) is 24.3 Å². The molecule has 5 nitrogen and oxygen atoms in total. The highest BCUT2D eigenvalue weighted by atomic mass is 16.2. The van der Waals surface area contributed by atoms with Crippen LogP contribution in [0.4, 0.5) is 0 Å². The standard InChI is InChI=1S/C19H26N4O/c1-13-10-20-21(11-13)12-17-5-4-8-22(17)19(24)18-9-14(2)23(15(18)3)16-6-7-16/h9-11,16-17H,4-8,12H2,1-3H3. The van der Waals surface area contributed by atoms with Crippen LogP contribution in [0.25, 0.3) is 0 Å². The predicted octanol–water partition coefficient (Wildman–Crippen LogP) is 3.25. The van der Waals surface area contributed by atoms with Gasteiger partial charge in [0.25, 0.3) is 5.91 Å². The molecule has 128 valence electrons. The average molecular weight is 326 g/mol. The van der Waals surface area contributed by atoms with Gasteiger partial charge in [0.15, 0.2) is 0 Å². The van der Waals surface area contributed by atoms with Crippen LogP contribution in [0, 0.1) is 20.8 Å². The summed E-state index contributed by atoms with van der Waals surface area (Å²) in [5, 5.41) is 4.39. The number of aromatic nitrogens is 3. The van der Waals surface area contributed by atoms with E-state index in [0.717, 1.165) is 37.2 Å². The maximum atomic E-state index is 13.2. The number of likely N-dealkylation sites (tertiary alicyclic amines) is 1. The first-order valence-corrected chi connectivity index (χ1v) is 9.03. The van der Waals surface area contributed by atoms with Crippen molar-refractivity contribution in [1.29, 1.82) is 0 Å². The zero-order chi connectivity index (χ0) is 16.8. The van der Waals surface area contributed by atoms with Gasteiger partial charge in [0.1, 0.15) is 0 Å². The summed E-state index contributed by atoms with van der Waals surface area (Å²) < 4.78 is 4.33. The van der Waals surface area contributed by atoms with Gasteiger partial charge in [-0.1, -0.05) is 0 Å². The first kappa shape index (κ1) is 15.5. The highest BCUT2D eigenvalue weighted by Gasteiger charge is 2.33. The fourth-order valence-electron chi connectivity index (χ4n) is 4.12. The highest BCUT2D eigenvalue weighted by molar-refractivity contribution is 5.96. The summed E-state index contributed by atoms with van der Waals surface area (Å²) in [6, 6.07) is 2.96. The minimum Gasteiger partial charge on any atom is -0.345 e. The third-order valence-corrected chi connectivity index (χ3v) is 5.42. The Morgan fingerprint density at radius 1 is 1.25 bits per heavy atom. The van der Waals surface area contributed by atoms with Crippen LogP contribution >= 0.6 is 0 Å². The lowest BCUT2D eigenvalue weighted by molar-refractivity contribution is 0.0721. The van der Waals surface area contributed by atoms with Crippen LogP contribution in [-0.2, 0) is 6.54 Å². The maximum absolute atomic E-state index is 13.2. The number of aryl methyl sites for hydroxylation is 2. The molecule has 1 amide bonds.